The van der Waals surface area contributed by atoms with Crippen molar-refractivity contribution >= 4 is 11.7 Å². The van der Waals surface area contributed by atoms with Crippen LogP contribution >= 0.6 is 0 Å². The molecule has 2 amide bonds. The predicted molar refractivity (Wildman–Crippen MR) is 62.4 cm³/mol. The van der Waals surface area contributed by atoms with Crippen molar-refractivity contribution in [2.75, 3.05) is 18.4 Å². The normalized spacial score (nSPS) is 16.4. The third-order valence-electron chi connectivity index (χ3n) is 2.66. The van der Waals surface area contributed by atoms with E-state index in [2.05, 4.69) is 19.2 Å². The van der Waals surface area contributed by atoms with Crippen molar-refractivity contribution in [2.24, 2.45) is 0 Å². The Morgan fingerprint density at radius 2 is 2.00 bits per heavy atom. The van der Waals surface area contributed by atoms with Crippen LogP contribution in [-0.4, -0.2) is 19.5 Å². The Kier molecular flexibility index (Phi) is 3.10. The standard InChI is InChI=1S/C12H16N2O2/c1-9(2)10-3-5-11(6-4-10)14-8-16-7-13-12(14)15/h3-6,9H,7-8H2,1-2H3,(H,13,15). The number of nitrogens with zero attached hydrogens (tertiary/aromatic N) is 1. The summed E-state index contributed by atoms with van der Waals surface area (Å²) < 4.78 is 5.18. The van der Waals surface area contributed by atoms with E-state index in [1.165, 1.54) is 5.56 Å². The number of ether oxygens (including phenoxy) is 1. The van der Waals surface area contributed by atoms with Gasteiger partial charge in [-0.05, 0) is 23.6 Å². The molecule has 0 aromatic heterocycles. The number of benzene rings is 1. The molecule has 1 aliphatic rings. The van der Waals surface area contributed by atoms with Gasteiger partial charge in [0, 0.05) is 5.69 Å². The average Bonchev–Trinajstić information content (AvgIpc) is 2.30. The van der Waals surface area contributed by atoms with Gasteiger partial charge in [0.05, 0.1) is 0 Å². The fourth-order valence-corrected chi connectivity index (χ4v) is 1.63. The van der Waals surface area contributed by atoms with Crippen LogP contribution in [-0.2, 0) is 4.74 Å². The van der Waals surface area contributed by atoms with Crippen LogP contribution in [0.2, 0.25) is 0 Å². The Balaban J connectivity index is 2.17. The highest BCUT2D eigenvalue weighted by molar-refractivity contribution is 5.92. The first-order valence-electron chi connectivity index (χ1n) is 5.41. The SMILES string of the molecule is CC(C)c1ccc(N2COCNC2=O)cc1. The topological polar surface area (TPSA) is 41.6 Å². The summed E-state index contributed by atoms with van der Waals surface area (Å²) in [5.41, 5.74) is 2.13. The second kappa shape index (κ2) is 4.53. The molecule has 2 rings (SSSR count). The van der Waals surface area contributed by atoms with Crippen molar-refractivity contribution in [2.45, 2.75) is 19.8 Å². The van der Waals surface area contributed by atoms with Gasteiger partial charge < -0.3 is 10.1 Å². The predicted octanol–water partition coefficient (Wildman–Crippen LogP) is 2.27. The molecule has 16 heavy (non-hydrogen) atoms. The molecule has 1 N–H and O–H groups in total. The lowest BCUT2D eigenvalue weighted by Crippen LogP contribution is -2.47. The Labute approximate surface area is 95.2 Å². The third kappa shape index (κ3) is 2.17. The molecule has 0 unspecified atom stereocenters. The fraction of sp³-hybridized carbons (Fsp3) is 0.417. The molecule has 1 saturated heterocycles. The molecule has 0 atom stereocenters. The number of hydrogen-bond acceptors (Lipinski definition) is 2. The van der Waals surface area contributed by atoms with E-state index in [-0.39, 0.29) is 6.03 Å². The molecular formula is C12H16N2O2. The Bertz CT molecular complexity index is 373. The Morgan fingerprint density at radius 3 is 2.56 bits per heavy atom. The first-order chi connectivity index (χ1) is 7.68. The van der Waals surface area contributed by atoms with E-state index < -0.39 is 0 Å². The van der Waals surface area contributed by atoms with Crippen molar-refractivity contribution in [3.05, 3.63) is 29.8 Å². The molecule has 1 fully saturated rings. The number of urea groups is 1. The number of carbonyl (C=O) groups is 1. The molecule has 0 radical (unpaired) electrons. The number of amides is 2. The summed E-state index contributed by atoms with van der Waals surface area (Å²) in [6.45, 7) is 4.89. The van der Waals surface area contributed by atoms with E-state index in [0.717, 1.165) is 5.69 Å². The van der Waals surface area contributed by atoms with Gasteiger partial charge in [0.1, 0.15) is 13.5 Å². The molecule has 1 aromatic carbocycles. The number of carbonyl (C=O) groups excluding carboxylic acids is 1. The smallest absolute Gasteiger partial charge is 0.325 e. The van der Waals surface area contributed by atoms with Crippen LogP contribution in [0.15, 0.2) is 24.3 Å². The van der Waals surface area contributed by atoms with Gasteiger partial charge in [0.25, 0.3) is 0 Å². The molecule has 0 aliphatic carbocycles. The Morgan fingerprint density at radius 1 is 1.31 bits per heavy atom. The average molecular weight is 220 g/mol. The lowest BCUT2D eigenvalue weighted by Gasteiger charge is -2.27. The van der Waals surface area contributed by atoms with Crippen LogP contribution in [0.1, 0.15) is 25.3 Å². The highest BCUT2D eigenvalue weighted by atomic mass is 16.5. The van der Waals surface area contributed by atoms with Crippen LogP contribution < -0.4 is 10.2 Å². The summed E-state index contributed by atoms with van der Waals surface area (Å²) in [6.07, 6.45) is 0. The van der Waals surface area contributed by atoms with E-state index >= 15 is 0 Å². The van der Waals surface area contributed by atoms with E-state index in [9.17, 15) is 4.79 Å². The van der Waals surface area contributed by atoms with Crippen molar-refractivity contribution in [3.63, 3.8) is 0 Å². The summed E-state index contributed by atoms with van der Waals surface area (Å²) in [7, 11) is 0. The summed E-state index contributed by atoms with van der Waals surface area (Å²) in [5, 5.41) is 2.63. The lowest BCUT2D eigenvalue weighted by atomic mass is 10.0. The molecular weight excluding hydrogens is 204 g/mol. The summed E-state index contributed by atoms with van der Waals surface area (Å²) in [4.78, 5) is 13.1. The minimum absolute atomic E-state index is 0.108. The van der Waals surface area contributed by atoms with Gasteiger partial charge in [0.2, 0.25) is 0 Å². The molecule has 1 aliphatic heterocycles. The van der Waals surface area contributed by atoms with Gasteiger partial charge >= 0.3 is 6.03 Å². The van der Waals surface area contributed by atoms with Gasteiger partial charge in [-0.15, -0.1) is 0 Å². The summed E-state index contributed by atoms with van der Waals surface area (Å²) >= 11 is 0. The van der Waals surface area contributed by atoms with Crippen LogP contribution in [0, 0.1) is 0 Å². The minimum atomic E-state index is -0.108. The highest BCUT2D eigenvalue weighted by Crippen LogP contribution is 2.20. The van der Waals surface area contributed by atoms with Crippen LogP contribution in [0.4, 0.5) is 10.5 Å². The van der Waals surface area contributed by atoms with Gasteiger partial charge in [-0.25, -0.2) is 4.79 Å². The van der Waals surface area contributed by atoms with Gasteiger partial charge in [0.15, 0.2) is 0 Å². The molecule has 86 valence electrons. The molecule has 4 heteroatoms. The van der Waals surface area contributed by atoms with Crippen molar-refractivity contribution in [1.29, 1.82) is 0 Å². The maximum absolute atomic E-state index is 11.5. The Hall–Kier alpha value is -1.55. The van der Waals surface area contributed by atoms with Crippen LogP contribution in [0.25, 0.3) is 0 Å². The molecule has 0 saturated carbocycles. The number of hydrogen-bond donors (Lipinski definition) is 1. The van der Waals surface area contributed by atoms with E-state index in [1.54, 1.807) is 4.90 Å². The number of anilines is 1. The number of rotatable bonds is 2. The highest BCUT2D eigenvalue weighted by Gasteiger charge is 2.19. The molecule has 1 aromatic rings. The first kappa shape index (κ1) is 11.0. The van der Waals surface area contributed by atoms with E-state index in [1.807, 2.05) is 24.3 Å². The largest absolute Gasteiger partial charge is 0.340 e. The molecule has 0 spiro atoms. The molecule has 4 nitrogen and oxygen atoms in total. The quantitative estimate of drug-likeness (QED) is 0.830. The molecule has 1 heterocycles. The number of nitrogens with one attached hydrogen (secondary N) is 1. The fourth-order valence-electron chi connectivity index (χ4n) is 1.63. The zero-order valence-electron chi connectivity index (χ0n) is 9.56. The van der Waals surface area contributed by atoms with Crippen molar-refractivity contribution < 1.29 is 9.53 Å². The van der Waals surface area contributed by atoms with Crippen LogP contribution in [0.3, 0.4) is 0 Å². The summed E-state index contributed by atoms with van der Waals surface area (Å²) in [5.74, 6) is 0.500. The minimum Gasteiger partial charge on any atom is -0.340 e. The first-order valence-corrected chi connectivity index (χ1v) is 5.41. The van der Waals surface area contributed by atoms with Crippen LogP contribution in [0.5, 0.6) is 0 Å². The molecule has 0 bridgehead atoms. The zero-order chi connectivity index (χ0) is 11.5. The van der Waals surface area contributed by atoms with Crippen molar-refractivity contribution in [1.82, 2.24) is 5.32 Å². The third-order valence-corrected chi connectivity index (χ3v) is 2.66. The maximum Gasteiger partial charge on any atom is 0.325 e. The lowest BCUT2D eigenvalue weighted by molar-refractivity contribution is 0.101. The summed E-state index contributed by atoms with van der Waals surface area (Å²) in [6, 6.07) is 7.88. The van der Waals surface area contributed by atoms with E-state index in [4.69, 9.17) is 4.74 Å². The van der Waals surface area contributed by atoms with Gasteiger partial charge in [-0.3, -0.25) is 4.90 Å². The second-order valence-electron chi connectivity index (χ2n) is 4.13. The van der Waals surface area contributed by atoms with E-state index in [0.29, 0.717) is 19.4 Å². The second-order valence-corrected chi connectivity index (χ2v) is 4.13. The zero-order valence-corrected chi connectivity index (χ0v) is 9.56. The van der Waals surface area contributed by atoms with Gasteiger partial charge in [-0.2, -0.15) is 0 Å². The maximum atomic E-state index is 11.5. The van der Waals surface area contributed by atoms with Crippen molar-refractivity contribution in [3.8, 4) is 0 Å². The monoisotopic (exact) mass is 220 g/mol. The van der Waals surface area contributed by atoms with Gasteiger partial charge in [-0.1, -0.05) is 26.0 Å².